The maximum Gasteiger partial charge on any atom is 0.255 e. The number of anilines is 1. The van der Waals surface area contributed by atoms with Crippen molar-refractivity contribution < 1.29 is 9.21 Å². The van der Waals surface area contributed by atoms with E-state index in [2.05, 4.69) is 25.5 Å². The predicted octanol–water partition coefficient (Wildman–Crippen LogP) is 5.42. The highest BCUT2D eigenvalue weighted by atomic mass is 16.4. The molecule has 0 fully saturated rings. The molecule has 0 saturated carbocycles. The average molecular weight is 433 g/mol. The molecule has 0 aliphatic heterocycles. The number of aromatic nitrogens is 4. The summed E-state index contributed by atoms with van der Waals surface area (Å²) in [5, 5.41) is 11.1. The molecular weight excluding hydrogens is 414 g/mol. The fourth-order valence-electron chi connectivity index (χ4n) is 3.33. The number of nitrogens with zero attached hydrogens (tertiary/aromatic N) is 4. The smallest absolute Gasteiger partial charge is 0.255 e. The van der Waals surface area contributed by atoms with Gasteiger partial charge < -0.3 is 9.73 Å². The number of rotatable bonds is 5. The first-order valence-electron chi connectivity index (χ1n) is 10.4. The summed E-state index contributed by atoms with van der Waals surface area (Å²) in [6, 6.07) is 24.5. The molecule has 2 heterocycles. The average Bonchev–Trinajstić information content (AvgIpc) is 3.36. The van der Waals surface area contributed by atoms with Crippen LogP contribution in [0.3, 0.4) is 0 Å². The minimum Gasteiger partial charge on any atom is -0.416 e. The lowest BCUT2D eigenvalue weighted by atomic mass is 10.1. The first-order valence-corrected chi connectivity index (χ1v) is 10.4. The summed E-state index contributed by atoms with van der Waals surface area (Å²) in [5.74, 6) is 1.18. The molecule has 0 aliphatic rings. The summed E-state index contributed by atoms with van der Waals surface area (Å²) in [7, 11) is 0. The van der Waals surface area contributed by atoms with Gasteiger partial charge in [0.1, 0.15) is 0 Å². The Morgan fingerprint density at radius 2 is 1.42 bits per heavy atom. The Bertz CT molecular complexity index is 1400. The van der Waals surface area contributed by atoms with E-state index in [0.29, 0.717) is 28.9 Å². The van der Waals surface area contributed by atoms with Crippen molar-refractivity contribution in [2.24, 2.45) is 0 Å². The largest absolute Gasteiger partial charge is 0.416 e. The molecule has 2 aromatic heterocycles. The van der Waals surface area contributed by atoms with Gasteiger partial charge in [-0.3, -0.25) is 4.79 Å². The van der Waals surface area contributed by atoms with E-state index in [-0.39, 0.29) is 5.91 Å². The van der Waals surface area contributed by atoms with Gasteiger partial charge in [0.25, 0.3) is 5.91 Å². The zero-order valence-electron chi connectivity index (χ0n) is 17.8. The van der Waals surface area contributed by atoms with Gasteiger partial charge in [0.15, 0.2) is 5.82 Å². The molecule has 5 aromatic rings. The van der Waals surface area contributed by atoms with Crippen molar-refractivity contribution >= 4 is 11.6 Å². The first kappa shape index (κ1) is 20.3. The zero-order valence-corrected chi connectivity index (χ0v) is 17.8. The lowest BCUT2D eigenvalue weighted by Crippen LogP contribution is -2.12. The molecule has 0 atom stereocenters. The standard InChI is InChI=1S/C26H19N5O2/c1-17-6-5-9-21(14-17)26-31-30-25(33-26)20-12-10-19(11-13-20)24(32)29-22-15-27-23(28-16-22)18-7-3-2-4-8-18/h2-16H,1H3,(H,29,32). The third-order valence-corrected chi connectivity index (χ3v) is 5.03. The Balaban J connectivity index is 1.27. The van der Waals surface area contributed by atoms with Crippen molar-refractivity contribution in [2.45, 2.75) is 6.92 Å². The third-order valence-electron chi connectivity index (χ3n) is 5.03. The van der Waals surface area contributed by atoms with Crippen molar-refractivity contribution in [3.8, 4) is 34.3 Å². The maximum atomic E-state index is 12.6. The van der Waals surface area contributed by atoms with E-state index in [1.165, 1.54) is 0 Å². The van der Waals surface area contributed by atoms with E-state index in [9.17, 15) is 4.79 Å². The number of amides is 1. The second-order valence-corrected chi connectivity index (χ2v) is 7.47. The lowest BCUT2D eigenvalue weighted by Gasteiger charge is -2.06. The van der Waals surface area contributed by atoms with Gasteiger partial charge in [-0.05, 0) is 43.3 Å². The van der Waals surface area contributed by atoms with Gasteiger partial charge in [-0.25, -0.2) is 9.97 Å². The molecule has 0 radical (unpaired) electrons. The maximum absolute atomic E-state index is 12.6. The van der Waals surface area contributed by atoms with Crippen LogP contribution in [0.5, 0.6) is 0 Å². The highest BCUT2D eigenvalue weighted by Gasteiger charge is 2.12. The summed E-state index contributed by atoms with van der Waals surface area (Å²) in [4.78, 5) is 21.3. The lowest BCUT2D eigenvalue weighted by molar-refractivity contribution is 0.102. The quantitative estimate of drug-likeness (QED) is 0.398. The number of carbonyl (C=O) groups excluding carboxylic acids is 1. The highest BCUT2D eigenvalue weighted by molar-refractivity contribution is 6.04. The molecule has 33 heavy (non-hydrogen) atoms. The van der Waals surface area contributed by atoms with E-state index >= 15 is 0 Å². The van der Waals surface area contributed by atoms with Crippen molar-refractivity contribution in [1.29, 1.82) is 0 Å². The fourth-order valence-corrected chi connectivity index (χ4v) is 3.33. The van der Waals surface area contributed by atoms with Crippen LogP contribution in [0.4, 0.5) is 5.69 Å². The summed E-state index contributed by atoms with van der Waals surface area (Å²) in [5.41, 5.74) is 4.63. The van der Waals surface area contributed by atoms with Crippen LogP contribution in [-0.4, -0.2) is 26.1 Å². The first-order chi connectivity index (χ1) is 16.2. The van der Waals surface area contributed by atoms with Gasteiger partial charge in [0.2, 0.25) is 11.8 Å². The predicted molar refractivity (Wildman–Crippen MR) is 125 cm³/mol. The molecule has 0 spiro atoms. The second-order valence-electron chi connectivity index (χ2n) is 7.47. The Labute approximate surface area is 190 Å². The van der Waals surface area contributed by atoms with E-state index in [1.54, 1.807) is 36.7 Å². The van der Waals surface area contributed by atoms with E-state index in [1.807, 2.05) is 61.5 Å². The van der Waals surface area contributed by atoms with Crippen LogP contribution < -0.4 is 5.32 Å². The van der Waals surface area contributed by atoms with Gasteiger partial charge in [0.05, 0.1) is 18.1 Å². The fraction of sp³-hybridized carbons (Fsp3) is 0.0385. The Morgan fingerprint density at radius 3 is 2.12 bits per heavy atom. The summed E-state index contributed by atoms with van der Waals surface area (Å²) >= 11 is 0. The summed E-state index contributed by atoms with van der Waals surface area (Å²) in [6.45, 7) is 2.01. The summed E-state index contributed by atoms with van der Waals surface area (Å²) < 4.78 is 5.82. The van der Waals surface area contributed by atoms with E-state index in [4.69, 9.17) is 4.42 Å². The van der Waals surface area contributed by atoms with Crippen LogP contribution in [0.1, 0.15) is 15.9 Å². The van der Waals surface area contributed by atoms with E-state index < -0.39 is 0 Å². The van der Waals surface area contributed by atoms with E-state index in [0.717, 1.165) is 22.3 Å². The van der Waals surface area contributed by atoms with Crippen molar-refractivity contribution in [1.82, 2.24) is 20.2 Å². The number of aryl methyl sites for hydroxylation is 1. The highest BCUT2D eigenvalue weighted by Crippen LogP contribution is 2.25. The van der Waals surface area contributed by atoms with Crippen LogP contribution in [0.15, 0.2) is 95.7 Å². The van der Waals surface area contributed by atoms with Gasteiger partial charge in [0, 0.05) is 22.3 Å². The Kier molecular flexibility index (Phi) is 5.43. The Hall–Kier alpha value is -4.65. The van der Waals surface area contributed by atoms with Crippen molar-refractivity contribution in [2.75, 3.05) is 5.32 Å². The molecule has 0 aliphatic carbocycles. The topological polar surface area (TPSA) is 93.8 Å². The zero-order chi connectivity index (χ0) is 22.6. The molecule has 160 valence electrons. The normalized spacial score (nSPS) is 10.7. The van der Waals surface area contributed by atoms with Crippen LogP contribution >= 0.6 is 0 Å². The van der Waals surface area contributed by atoms with Gasteiger partial charge in [-0.1, -0.05) is 48.0 Å². The van der Waals surface area contributed by atoms with Gasteiger partial charge >= 0.3 is 0 Å². The molecule has 1 N–H and O–H groups in total. The number of carbonyl (C=O) groups is 1. The number of benzene rings is 3. The molecular formula is C26H19N5O2. The molecule has 0 bridgehead atoms. The minimum absolute atomic E-state index is 0.261. The van der Waals surface area contributed by atoms with Gasteiger partial charge in [-0.15, -0.1) is 10.2 Å². The third kappa shape index (κ3) is 4.52. The molecule has 7 heteroatoms. The molecule has 3 aromatic carbocycles. The molecule has 5 rings (SSSR count). The second kappa shape index (κ2) is 8.84. The molecule has 0 unspecified atom stereocenters. The summed E-state index contributed by atoms with van der Waals surface area (Å²) in [6.07, 6.45) is 3.18. The van der Waals surface area contributed by atoms with Crippen LogP contribution in [0, 0.1) is 6.92 Å². The molecule has 0 saturated heterocycles. The number of hydrogen-bond donors (Lipinski definition) is 1. The monoisotopic (exact) mass is 433 g/mol. The number of hydrogen-bond acceptors (Lipinski definition) is 6. The van der Waals surface area contributed by atoms with Crippen molar-refractivity contribution in [3.05, 3.63) is 102 Å². The van der Waals surface area contributed by atoms with Crippen LogP contribution in [0.2, 0.25) is 0 Å². The Morgan fingerprint density at radius 1 is 0.758 bits per heavy atom. The minimum atomic E-state index is -0.261. The van der Waals surface area contributed by atoms with Crippen LogP contribution in [-0.2, 0) is 0 Å². The molecule has 7 nitrogen and oxygen atoms in total. The van der Waals surface area contributed by atoms with Crippen LogP contribution in [0.25, 0.3) is 34.3 Å². The number of nitrogens with one attached hydrogen (secondary N) is 1. The molecule has 1 amide bonds. The van der Waals surface area contributed by atoms with Gasteiger partial charge in [-0.2, -0.15) is 0 Å². The SMILES string of the molecule is Cc1cccc(-c2nnc(-c3ccc(C(=O)Nc4cnc(-c5ccccc5)nc4)cc3)o2)c1. The van der Waals surface area contributed by atoms with Crippen molar-refractivity contribution in [3.63, 3.8) is 0 Å².